The molecule has 5 nitrogen and oxygen atoms in total. The molecule has 3 rings (SSSR count). The van der Waals surface area contributed by atoms with Crippen molar-refractivity contribution in [2.45, 2.75) is 19.5 Å². The molecule has 122 valence electrons. The second kappa shape index (κ2) is 6.91. The van der Waals surface area contributed by atoms with Crippen LogP contribution in [0.25, 0.3) is 0 Å². The van der Waals surface area contributed by atoms with Crippen LogP contribution in [0, 0.1) is 5.92 Å². The molecule has 1 amide bonds. The minimum Gasteiger partial charge on any atom is -0.489 e. The Bertz CT molecular complexity index is 675. The molecule has 1 aromatic carbocycles. The third kappa shape index (κ3) is 4.38. The summed E-state index contributed by atoms with van der Waals surface area (Å²) in [5.74, 6) is 0.123. The summed E-state index contributed by atoms with van der Waals surface area (Å²) in [7, 11) is 0. The molecule has 23 heavy (non-hydrogen) atoms. The molecule has 0 radical (unpaired) electrons. The van der Waals surface area contributed by atoms with E-state index >= 15 is 0 Å². The fraction of sp³-hybridized carbons (Fsp3) is 0.333. The highest BCUT2D eigenvalue weighted by Gasteiger charge is 2.23. The minimum atomic E-state index is -2.95. The average Bonchev–Trinajstić information content (AvgIpc) is 3.21. The number of rotatable bonds is 7. The van der Waals surface area contributed by atoms with Crippen molar-refractivity contribution in [3.05, 3.63) is 35.3 Å². The molecular weight excluding hydrogens is 326 g/mol. The van der Waals surface area contributed by atoms with E-state index in [4.69, 9.17) is 4.74 Å². The fourth-order valence-electron chi connectivity index (χ4n) is 1.90. The van der Waals surface area contributed by atoms with E-state index in [1.165, 1.54) is 29.5 Å². The Morgan fingerprint density at radius 3 is 2.87 bits per heavy atom. The molecule has 1 aromatic heterocycles. The molecular formula is C15H14F2N2O3S. The Balaban J connectivity index is 1.76. The van der Waals surface area contributed by atoms with Crippen LogP contribution in [-0.2, 0) is 0 Å². The number of thiazole rings is 1. The maximum atomic E-state index is 12.5. The van der Waals surface area contributed by atoms with Gasteiger partial charge >= 0.3 is 6.61 Å². The van der Waals surface area contributed by atoms with Gasteiger partial charge in [-0.2, -0.15) is 8.78 Å². The first-order valence-electron chi connectivity index (χ1n) is 7.04. The Hall–Kier alpha value is -2.22. The minimum absolute atomic E-state index is 0.0774. The van der Waals surface area contributed by atoms with Gasteiger partial charge in [-0.3, -0.25) is 10.1 Å². The molecule has 1 heterocycles. The molecule has 0 saturated heterocycles. The summed E-state index contributed by atoms with van der Waals surface area (Å²) in [6.07, 6.45) is 3.70. The predicted molar refractivity (Wildman–Crippen MR) is 81.4 cm³/mol. The Kier molecular flexibility index (Phi) is 4.71. The molecule has 1 aliphatic carbocycles. The quantitative estimate of drug-likeness (QED) is 0.833. The lowest BCUT2D eigenvalue weighted by atomic mass is 10.2. The van der Waals surface area contributed by atoms with Crippen LogP contribution >= 0.6 is 11.3 Å². The maximum Gasteiger partial charge on any atom is 0.387 e. The second-order valence-electron chi connectivity index (χ2n) is 5.09. The van der Waals surface area contributed by atoms with E-state index in [2.05, 4.69) is 15.0 Å². The van der Waals surface area contributed by atoms with Crippen LogP contribution in [0.15, 0.2) is 29.8 Å². The van der Waals surface area contributed by atoms with Gasteiger partial charge in [-0.15, -0.1) is 11.3 Å². The molecule has 0 bridgehead atoms. The second-order valence-corrected chi connectivity index (χ2v) is 5.98. The largest absolute Gasteiger partial charge is 0.489 e. The van der Waals surface area contributed by atoms with Crippen molar-refractivity contribution in [1.29, 1.82) is 0 Å². The average molecular weight is 340 g/mol. The first kappa shape index (κ1) is 15.7. The van der Waals surface area contributed by atoms with Crippen LogP contribution in [0.4, 0.5) is 13.9 Å². The number of halogens is 2. The number of benzene rings is 1. The predicted octanol–water partition coefficient (Wildman–Crippen LogP) is 3.79. The van der Waals surface area contributed by atoms with Crippen LogP contribution in [0.1, 0.15) is 23.2 Å². The standard InChI is InChI=1S/C15H14F2N2O3S/c16-14(17)22-11-4-3-10(7-12(11)21-8-9-1-2-9)13(20)19-15-18-5-6-23-15/h3-7,9,14H,1-2,8H2,(H,18,19,20). The normalized spacial score (nSPS) is 13.9. The van der Waals surface area contributed by atoms with E-state index in [9.17, 15) is 13.6 Å². The van der Waals surface area contributed by atoms with Crippen LogP contribution in [0.5, 0.6) is 11.5 Å². The molecule has 0 aliphatic heterocycles. The zero-order valence-electron chi connectivity index (χ0n) is 12.0. The van der Waals surface area contributed by atoms with Crippen molar-refractivity contribution in [2.75, 3.05) is 11.9 Å². The van der Waals surface area contributed by atoms with Gasteiger partial charge in [0.2, 0.25) is 0 Å². The summed E-state index contributed by atoms with van der Waals surface area (Å²) in [6, 6.07) is 4.12. The first-order chi connectivity index (χ1) is 11.1. The highest BCUT2D eigenvalue weighted by atomic mass is 32.1. The molecule has 8 heteroatoms. The smallest absolute Gasteiger partial charge is 0.387 e. The van der Waals surface area contributed by atoms with Gasteiger partial charge in [-0.25, -0.2) is 4.98 Å². The number of nitrogens with zero attached hydrogens (tertiary/aromatic N) is 1. The summed E-state index contributed by atoms with van der Waals surface area (Å²) in [6.45, 7) is -2.52. The van der Waals surface area contributed by atoms with Gasteiger partial charge in [0.25, 0.3) is 5.91 Å². The zero-order chi connectivity index (χ0) is 16.2. The van der Waals surface area contributed by atoms with Gasteiger partial charge in [0.05, 0.1) is 6.61 Å². The van der Waals surface area contributed by atoms with Gasteiger partial charge in [0.1, 0.15) is 0 Å². The topological polar surface area (TPSA) is 60.5 Å². The summed E-state index contributed by atoms with van der Waals surface area (Å²) in [4.78, 5) is 16.1. The van der Waals surface area contributed by atoms with E-state index in [-0.39, 0.29) is 23.0 Å². The fourth-order valence-corrected chi connectivity index (χ4v) is 2.43. The highest BCUT2D eigenvalue weighted by Crippen LogP contribution is 2.34. The van der Waals surface area contributed by atoms with Crippen molar-refractivity contribution in [3.8, 4) is 11.5 Å². The maximum absolute atomic E-state index is 12.5. The Labute approximate surface area is 135 Å². The Morgan fingerprint density at radius 2 is 2.22 bits per heavy atom. The van der Waals surface area contributed by atoms with Crippen molar-refractivity contribution >= 4 is 22.4 Å². The zero-order valence-corrected chi connectivity index (χ0v) is 12.8. The number of amides is 1. The van der Waals surface area contributed by atoms with E-state index in [1.807, 2.05) is 0 Å². The SMILES string of the molecule is O=C(Nc1nccs1)c1ccc(OC(F)F)c(OCC2CC2)c1. The van der Waals surface area contributed by atoms with E-state index in [0.717, 1.165) is 12.8 Å². The van der Waals surface area contributed by atoms with Gasteiger partial charge in [-0.1, -0.05) is 0 Å². The number of carbonyl (C=O) groups is 1. The monoisotopic (exact) mass is 340 g/mol. The molecule has 0 atom stereocenters. The van der Waals surface area contributed by atoms with Crippen molar-refractivity contribution in [2.24, 2.45) is 5.92 Å². The van der Waals surface area contributed by atoms with Crippen LogP contribution < -0.4 is 14.8 Å². The van der Waals surface area contributed by atoms with Gasteiger partial charge in [0, 0.05) is 17.1 Å². The summed E-state index contributed by atoms with van der Waals surface area (Å²) in [5.41, 5.74) is 0.285. The van der Waals surface area contributed by atoms with Crippen LogP contribution in [-0.4, -0.2) is 24.1 Å². The van der Waals surface area contributed by atoms with Crippen molar-refractivity contribution < 1.29 is 23.0 Å². The number of nitrogens with one attached hydrogen (secondary N) is 1. The number of ether oxygens (including phenoxy) is 2. The number of hydrogen-bond acceptors (Lipinski definition) is 5. The van der Waals surface area contributed by atoms with Crippen LogP contribution in [0.2, 0.25) is 0 Å². The third-order valence-electron chi connectivity index (χ3n) is 3.25. The molecule has 0 spiro atoms. The molecule has 1 saturated carbocycles. The molecule has 2 aromatic rings. The van der Waals surface area contributed by atoms with E-state index in [0.29, 0.717) is 17.7 Å². The molecule has 1 aliphatic rings. The number of hydrogen-bond donors (Lipinski definition) is 1. The summed E-state index contributed by atoms with van der Waals surface area (Å²) in [5, 5.41) is 4.82. The lowest BCUT2D eigenvalue weighted by Gasteiger charge is -2.13. The Morgan fingerprint density at radius 1 is 1.39 bits per heavy atom. The lowest BCUT2D eigenvalue weighted by Crippen LogP contribution is -2.13. The molecule has 1 fully saturated rings. The van der Waals surface area contributed by atoms with Gasteiger partial charge < -0.3 is 9.47 Å². The summed E-state index contributed by atoms with van der Waals surface area (Å²) < 4.78 is 34.9. The van der Waals surface area contributed by atoms with Gasteiger partial charge in [0.15, 0.2) is 16.6 Å². The number of anilines is 1. The van der Waals surface area contributed by atoms with Crippen LogP contribution in [0.3, 0.4) is 0 Å². The van der Waals surface area contributed by atoms with E-state index in [1.54, 1.807) is 11.6 Å². The summed E-state index contributed by atoms with van der Waals surface area (Å²) >= 11 is 1.29. The van der Waals surface area contributed by atoms with Crippen molar-refractivity contribution in [3.63, 3.8) is 0 Å². The molecule has 1 N–H and O–H groups in total. The number of alkyl halides is 2. The van der Waals surface area contributed by atoms with Gasteiger partial charge in [-0.05, 0) is 37.0 Å². The number of carbonyl (C=O) groups excluding carboxylic acids is 1. The van der Waals surface area contributed by atoms with E-state index < -0.39 is 6.61 Å². The first-order valence-corrected chi connectivity index (χ1v) is 7.92. The third-order valence-corrected chi connectivity index (χ3v) is 3.93. The highest BCUT2D eigenvalue weighted by molar-refractivity contribution is 7.13. The number of aromatic nitrogens is 1. The molecule has 0 unspecified atom stereocenters. The lowest BCUT2D eigenvalue weighted by molar-refractivity contribution is -0.0515. The van der Waals surface area contributed by atoms with Crippen molar-refractivity contribution in [1.82, 2.24) is 4.98 Å².